The number of H-pyrrole nitrogens is 1. The third-order valence-corrected chi connectivity index (χ3v) is 7.28. The molecule has 0 bridgehead atoms. The van der Waals surface area contributed by atoms with Crippen molar-refractivity contribution in [2.45, 2.75) is 58.5 Å². The van der Waals surface area contributed by atoms with Crippen molar-refractivity contribution >= 4 is 13.7 Å². The van der Waals surface area contributed by atoms with Crippen molar-refractivity contribution in [3.05, 3.63) is 73.4 Å². The van der Waals surface area contributed by atoms with Gasteiger partial charge in [0.25, 0.3) is 5.56 Å². The van der Waals surface area contributed by atoms with Gasteiger partial charge in [-0.3, -0.25) is 23.7 Å². The van der Waals surface area contributed by atoms with Crippen molar-refractivity contribution in [2.24, 2.45) is 11.0 Å². The maximum atomic E-state index is 13.9. The molecular weight excluding hydrogens is 519 g/mol. The zero-order chi connectivity index (χ0) is 27.9. The van der Waals surface area contributed by atoms with Gasteiger partial charge in [0.05, 0.1) is 25.4 Å². The number of nitrogens with one attached hydrogen (secondary N) is 2. The monoisotopic (exact) mass is 550 g/mol. The van der Waals surface area contributed by atoms with Crippen LogP contribution in [0.25, 0.3) is 10.4 Å². The molecular formula is C23H31N6O8P. The Kier molecular flexibility index (Phi) is 9.90. The molecule has 1 aliphatic rings. The molecule has 2 N–H and O–H groups in total. The van der Waals surface area contributed by atoms with E-state index in [4.69, 9.17) is 24.1 Å². The number of aromatic amines is 1. The number of rotatable bonds is 12. The van der Waals surface area contributed by atoms with Crippen molar-refractivity contribution in [2.75, 3.05) is 13.2 Å². The topological polar surface area (TPSA) is 187 Å². The quantitative estimate of drug-likeness (QED) is 0.132. The Balaban J connectivity index is 1.85. The van der Waals surface area contributed by atoms with E-state index in [2.05, 4.69) is 20.1 Å². The van der Waals surface area contributed by atoms with Gasteiger partial charge < -0.3 is 14.0 Å². The van der Waals surface area contributed by atoms with Crippen LogP contribution < -0.4 is 20.9 Å². The number of carbonyl (C=O) groups excluding carboxylic acids is 1. The van der Waals surface area contributed by atoms with Crippen molar-refractivity contribution in [1.29, 1.82) is 0 Å². The first-order chi connectivity index (χ1) is 18.1. The van der Waals surface area contributed by atoms with E-state index in [1.54, 1.807) is 51.1 Å². The predicted molar refractivity (Wildman–Crippen MR) is 137 cm³/mol. The lowest BCUT2D eigenvalue weighted by Gasteiger charge is -2.27. The van der Waals surface area contributed by atoms with Gasteiger partial charge in [0.15, 0.2) is 0 Å². The SMILES string of the molecule is CCOC(=O)[C@H](NP(=O)(OC[C@H]1O[C@H](n2cc(C)c(=O)[nH]c2=O)C[C@@H]1N=[N+]=[N-])Oc1ccccc1)C(C)C. The number of azide groups is 1. The van der Waals surface area contributed by atoms with Crippen molar-refractivity contribution in [3.63, 3.8) is 0 Å². The third kappa shape index (κ3) is 7.33. The van der Waals surface area contributed by atoms with Gasteiger partial charge in [-0.2, -0.15) is 5.09 Å². The molecule has 2 heterocycles. The van der Waals surface area contributed by atoms with Crippen LogP contribution in [0.1, 0.15) is 39.0 Å². The van der Waals surface area contributed by atoms with E-state index in [-0.39, 0.29) is 36.9 Å². The highest BCUT2D eigenvalue weighted by Gasteiger charge is 2.41. The van der Waals surface area contributed by atoms with Gasteiger partial charge in [-0.25, -0.2) is 9.36 Å². The number of aromatic nitrogens is 2. The van der Waals surface area contributed by atoms with Crippen LogP contribution in [0.15, 0.2) is 51.2 Å². The molecule has 0 radical (unpaired) electrons. The first kappa shape index (κ1) is 29.2. The average molecular weight is 551 g/mol. The molecule has 5 atom stereocenters. The van der Waals surface area contributed by atoms with E-state index in [1.165, 1.54) is 17.7 Å². The number of para-hydroxylation sites is 1. The molecule has 1 saturated heterocycles. The summed E-state index contributed by atoms with van der Waals surface area (Å²) in [7, 11) is -4.22. The number of esters is 1. The molecule has 2 aromatic rings. The van der Waals surface area contributed by atoms with Gasteiger partial charge in [0.2, 0.25) is 0 Å². The molecule has 14 nitrogen and oxygen atoms in total. The largest absolute Gasteiger partial charge is 0.465 e. The first-order valence-corrected chi connectivity index (χ1v) is 13.6. The molecule has 1 aliphatic heterocycles. The van der Waals surface area contributed by atoms with Gasteiger partial charge >= 0.3 is 19.4 Å². The minimum absolute atomic E-state index is 0.0954. The van der Waals surface area contributed by atoms with Crippen LogP contribution in [0.2, 0.25) is 0 Å². The van der Waals surface area contributed by atoms with Gasteiger partial charge in [0.1, 0.15) is 18.0 Å². The van der Waals surface area contributed by atoms with Crippen molar-refractivity contribution in [1.82, 2.24) is 14.6 Å². The Morgan fingerprint density at radius 2 is 2.05 bits per heavy atom. The summed E-state index contributed by atoms with van der Waals surface area (Å²) >= 11 is 0. The van der Waals surface area contributed by atoms with Crippen LogP contribution in [0.4, 0.5) is 0 Å². The molecule has 0 amide bonds. The second-order valence-electron chi connectivity index (χ2n) is 8.92. The highest BCUT2D eigenvalue weighted by atomic mass is 31.2. The fourth-order valence-electron chi connectivity index (χ4n) is 3.78. The summed E-state index contributed by atoms with van der Waals surface area (Å²) in [5.41, 5.74) is 8.12. The van der Waals surface area contributed by atoms with Crippen LogP contribution in [-0.4, -0.2) is 46.9 Å². The summed E-state index contributed by atoms with van der Waals surface area (Å²) in [6.07, 6.45) is -0.366. The van der Waals surface area contributed by atoms with Crippen LogP contribution in [0.3, 0.4) is 0 Å². The molecule has 1 fully saturated rings. The molecule has 3 rings (SSSR count). The minimum atomic E-state index is -4.22. The molecule has 206 valence electrons. The molecule has 38 heavy (non-hydrogen) atoms. The first-order valence-electron chi connectivity index (χ1n) is 12.0. The molecule has 1 aromatic carbocycles. The van der Waals surface area contributed by atoms with E-state index >= 15 is 0 Å². The minimum Gasteiger partial charge on any atom is -0.465 e. The Morgan fingerprint density at radius 3 is 2.68 bits per heavy atom. The number of carbonyl (C=O) groups is 1. The lowest BCUT2D eigenvalue weighted by molar-refractivity contribution is -0.146. The smallest absolute Gasteiger partial charge is 0.459 e. The number of hydrogen-bond donors (Lipinski definition) is 2. The Hall–Kier alpha value is -3.41. The molecule has 0 saturated carbocycles. The standard InChI is InChI=1S/C23H31N6O8P/c1-5-34-22(31)20(14(2)3)27-38(33,37-16-9-7-6-8-10-16)35-13-18-17(26-28-24)11-19(36-18)29-12-15(4)21(30)25-23(29)32/h6-10,12,14,17-20H,5,11,13H2,1-4H3,(H,27,33)(H,25,30,32)/t17-,18+,19-,20+,38?/m0/s1. The fourth-order valence-corrected chi connectivity index (χ4v) is 5.45. The van der Waals surface area contributed by atoms with Gasteiger partial charge in [0, 0.05) is 23.1 Å². The second-order valence-corrected chi connectivity index (χ2v) is 10.6. The van der Waals surface area contributed by atoms with E-state index in [9.17, 15) is 18.9 Å². The molecule has 1 unspecified atom stereocenters. The fraction of sp³-hybridized carbons (Fsp3) is 0.522. The lowest BCUT2D eigenvalue weighted by Crippen LogP contribution is -2.42. The Morgan fingerprint density at radius 1 is 1.34 bits per heavy atom. The van der Waals surface area contributed by atoms with Crippen molar-refractivity contribution < 1.29 is 27.9 Å². The summed E-state index contributed by atoms with van der Waals surface area (Å²) in [6.45, 7) is 6.43. The van der Waals surface area contributed by atoms with Crippen LogP contribution in [0.5, 0.6) is 5.75 Å². The van der Waals surface area contributed by atoms with Gasteiger partial charge in [-0.05, 0) is 37.4 Å². The highest BCUT2D eigenvalue weighted by molar-refractivity contribution is 7.52. The molecule has 0 aliphatic carbocycles. The van der Waals surface area contributed by atoms with E-state index < -0.39 is 49.4 Å². The van der Waals surface area contributed by atoms with E-state index in [0.29, 0.717) is 0 Å². The molecule has 0 spiro atoms. The highest BCUT2D eigenvalue weighted by Crippen LogP contribution is 2.46. The van der Waals surface area contributed by atoms with Crippen LogP contribution in [0, 0.1) is 12.8 Å². The molecule has 15 heteroatoms. The Bertz CT molecular complexity index is 1320. The number of hydrogen-bond acceptors (Lipinski definition) is 9. The summed E-state index contributed by atoms with van der Waals surface area (Å²) < 4.78 is 37.5. The molecule has 1 aromatic heterocycles. The summed E-state index contributed by atoms with van der Waals surface area (Å²) in [4.78, 5) is 41.7. The lowest BCUT2D eigenvalue weighted by atomic mass is 10.1. The van der Waals surface area contributed by atoms with Gasteiger partial charge in [-0.15, -0.1) is 0 Å². The Labute approximate surface area is 218 Å². The van der Waals surface area contributed by atoms with Crippen LogP contribution in [-0.2, 0) is 23.4 Å². The summed E-state index contributed by atoms with van der Waals surface area (Å²) in [5, 5.41) is 6.42. The van der Waals surface area contributed by atoms with E-state index in [1.807, 2.05) is 0 Å². The summed E-state index contributed by atoms with van der Waals surface area (Å²) in [5.74, 6) is -0.731. The maximum Gasteiger partial charge on any atom is 0.459 e. The number of aryl methyl sites for hydroxylation is 1. The summed E-state index contributed by atoms with van der Waals surface area (Å²) in [6, 6.07) is 6.44. The van der Waals surface area contributed by atoms with Crippen molar-refractivity contribution in [3.8, 4) is 5.75 Å². The average Bonchev–Trinajstić information content (AvgIpc) is 3.27. The zero-order valence-corrected chi connectivity index (χ0v) is 22.4. The van der Waals surface area contributed by atoms with Gasteiger partial charge in [-0.1, -0.05) is 37.2 Å². The van der Waals surface area contributed by atoms with Crippen LogP contribution >= 0.6 is 7.75 Å². The van der Waals surface area contributed by atoms with E-state index in [0.717, 1.165) is 0 Å². The normalized spacial score (nSPS) is 21.3. The zero-order valence-electron chi connectivity index (χ0n) is 21.5. The third-order valence-electron chi connectivity index (χ3n) is 5.74. The number of nitrogens with zero attached hydrogens (tertiary/aromatic N) is 4. The maximum absolute atomic E-state index is 13.9. The number of benzene rings is 1. The predicted octanol–water partition coefficient (Wildman–Crippen LogP) is 3.19. The number of ether oxygens (including phenoxy) is 2. The second kappa shape index (κ2) is 12.9.